The van der Waals surface area contributed by atoms with Gasteiger partial charge in [0, 0.05) is 24.8 Å². The van der Waals surface area contributed by atoms with Crippen LogP contribution in [0.2, 0.25) is 0 Å². The number of carboxylic acid groups (broad SMARTS) is 2. The Kier molecular flexibility index (Phi) is 6.16. The minimum absolute atomic E-state index is 0.165. The normalized spacial score (nSPS) is 17.6. The monoisotopic (exact) mass is 389 g/mol. The fourth-order valence-electron chi connectivity index (χ4n) is 3.14. The number of anilines is 1. The van der Waals surface area contributed by atoms with Crippen molar-refractivity contribution in [3.05, 3.63) is 57.7 Å². The number of nitrogens with zero attached hydrogens (tertiary/aromatic N) is 1. The van der Waals surface area contributed by atoms with E-state index in [-0.39, 0.29) is 5.41 Å². The van der Waals surface area contributed by atoms with E-state index in [1.165, 1.54) is 6.08 Å². The van der Waals surface area contributed by atoms with Crippen molar-refractivity contribution in [1.29, 1.82) is 0 Å². The highest BCUT2D eigenvalue weighted by Gasteiger charge is 2.30. The molecule has 144 valence electrons. The second kappa shape index (κ2) is 8.01. The molecule has 0 spiro atoms. The predicted octanol–water partition coefficient (Wildman–Crippen LogP) is 4.54. The Hall–Kier alpha value is -2.53. The summed E-state index contributed by atoms with van der Waals surface area (Å²) in [6, 6.07) is 7.99. The van der Waals surface area contributed by atoms with Gasteiger partial charge in [0.2, 0.25) is 0 Å². The van der Waals surface area contributed by atoms with Crippen molar-refractivity contribution in [2.24, 2.45) is 5.41 Å². The van der Waals surface area contributed by atoms with Crippen molar-refractivity contribution in [3.63, 3.8) is 0 Å². The van der Waals surface area contributed by atoms with E-state index >= 15 is 0 Å². The van der Waals surface area contributed by atoms with E-state index in [2.05, 4.69) is 0 Å². The number of carboxylic acids is 2. The molecule has 0 fully saturated rings. The Labute approximate surface area is 164 Å². The van der Waals surface area contributed by atoms with Gasteiger partial charge in [-0.2, -0.15) is 0 Å². The summed E-state index contributed by atoms with van der Waals surface area (Å²) >= 11 is 6.53. The molecule has 0 amide bonds. The van der Waals surface area contributed by atoms with Crippen LogP contribution in [0.1, 0.15) is 32.3 Å². The lowest BCUT2D eigenvalue weighted by Crippen LogP contribution is -2.20. The third-order valence-corrected chi connectivity index (χ3v) is 4.92. The number of rotatable bonds is 5. The first-order valence-corrected chi connectivity index (χ1v) is 8.93. The molecule has 0 atom stereocenters. The van der Waals surface area contributed by atoms with Crippen LogP contribution in [0.5, 0.6) is 0 Å². The van der Waals surface area contributed by atoms with Crippen LogP contribution in [-0.4, -0.2) is 36.2 Å². The molecule has 5 nitrogen and oxygen atoms in total. The SMILES string of the molecule is CN(C)c1ccc(C=C2CC(C)(C)CC(C=C(C(=O)O)C(=O)O)=C2Cl)cc1. The Morgan fingerprint density at radius 1 is 1.07 bits per heavy atom. The number of allylic oxidation sites excluding steroid dienone is 4. The molecule has 0 aromatic heterocycles. The maximum Gasteiger partial charge on any atom is 0.343 e. The van der Waals surface area contributed by atoms with Crippen LogP contribution in [0.15, 0.2) is 52.1 Å². The molecular weight excluding hydrogens is 366 g/mol. The highest BCUT2D eigenvalue weighted by atomic mass is 35.5. The van der Waals surface area contributed by atoms with Crippen LogP contribution in [0.4, 0.5) is 5.69 Å². The van der Waals surface area contributed by atoms with E-state index in [4.69, 9.17) is 21.8 Å². The van der Waals surface area contributed by atoms with Crippen molar-refractivity contribution in [3.8, 4) is 0 Å². The first-order chi connectivity index (χ1) is 12.5. The molecule has 6 heteroatoms. The van der Waals surface area contributed by atoms with Gasteiger partial charge in [-0.05, 0) is 53.2 Å². The molecular formula is C21H24ClNO4. The summed E-state index contributed by atoms with van der Waals surface area (Å²) in [5, 5.41) is 18.7. The largest absolute Gasteiger partial charge is 0.477 e. The molecule has 2 N–H and O–H groups in total. The quantitative estimate of drug-likeness (QED) is 0.439. The first kappa shape index (κ1) is 20.8. The Morgan fingerprint density at radius 2 is 1.63 bits per heavy atom. The number of benzene rings is 1. The van der Waals surface area contributed by atoms with Crippen LogP contribution < -0.4 is 4.90 Å². The van der Waals surface area contributed by atoms with Crippen LogP contribution in [-0.2, 0) is 9.59 Å². The Morgan fingerprint density at radius 3 is 2.11 bits per heavy atom. The standard InChI is InChI=1S/C21H24ClNO4/c1-21(2)11-14(9-13-5-7-16(8-6-13)23(3)4)18(22)15(12-21)10-17(19(24)25)20(26)27/h5-10H,11-12H2,1-4H3,(H,24,25)(H,26,27). The predicted molar refractivity (Wildman–Crippen MR) is 108 cm³/mol. The van der Waals surface area contributed by atoms with Gasteiger partial charge >= 0.3 is 11.9 Å². The first-order valence-electron chi connectivity index (χ1n) is 8.55. The van der Waals surface area contributed by atoms with Crippen molar-refractivity contribution >= 4 is 35.3 Å². The number of carbonyl (C=O) groups is 2. The highest BCUT2D eigenvalue weighted by molar-refractivity contribution is 6.33. The zero-order valence-corrected chi connectivity index (χ0v) is 16.7. The molecule has 1 aliphatic carbocycles. The van der Waals surface area contributed by atoms with Crippen LogP contribution in [0.25, 0.3) is 6.08 Å². The highest BCUT2D eigenvalue weighted by Crippen LogP contribution is 2.44. The second-order valence-corrected chi connectivity index (χ2v) is 8.06. The molecule has 0 unspecified atom stereocenters. The minimum atomic E-state index is -1.48. The van der Waals surface area contributed by atoms with Gasteiger partial charge in [0.15, 0.2) is 0 Å². The van der Waals surface area contributed by atoms with Gasteiger partial charge in [-0.1, -0.05) is 43.7 Å². The lowest BCUT2D eigenvalue weighted by atomic mass is 9.74. The molecule has 0 heterocycles. The van der Waals surface area contributed by atoms with Crippen LogP contribution in [0, 0.1) is 5.41 Å². The van der Waals surface area contributed by atoms with E-state index in [1.807, 2.05) is 63.2 Å². The summed E-state index contributed by atoms with van der Waals surface area (Å²) in [4.78, 5) is 24.4. The maximum absolute atomic E-state index is 11.2. The molecule has 0 bridgehead atoms. The number of aliphatic carboxylic acids is 2. The van der Waals surface area contributed by atoms with Gasteiger partial charge in [0.1, 0.15) is 5.57 Å². The van der Waals surface area contributed by atoms with Crippen molar-refractivity contribution in [1.82, 2.24) is 0 Å². The zero-order chi connectivity index (χ0) is 20.4. The van der Waals surface area contributed by atoms with E-state index in [0.29, 0.717) is 23.4 Å². The van der Waals surface area contributed by atoms with Crippen LogP contribution >= 0.6 is 11.6 Å². The number of hydrogen-bond donors (Lipinski definition) is 2. The number of halogens is 1. The molecule has 0 saturated heterocycles. The van der Waals surface area contributed by atoms with E-state index in [1.54, 1.807) is 0 Å². The van der Waals surface area contributed by atoms with Crippen LogP contribution in [0.3, 0.4) is 0 Å². The average molecular weight is 390 g/mol. The van der Waals surface area contributed by atoms with Gasteiger partial charge in [-0.3, -0.25) is 0 Å². The maximum atomic E-state index is 11.2. The van der Waals surface area contributed by atoms with Crippen molar-refractivity contribution < 1.29 is 19.8 Å². The molecule has 0 radical (unpaired) electrons. The third kappa shape index (κ3) is 5.23. The Balaban J connectivity index is 2.50. The molecule has 1 aromatic carbocycles. The topological polar surface area (TPSA) is 77.8 Å². The Bertz CT molecular complexity index is 829. The molecule has 0 saturated carbocycles. The van der Waals surface area contributed by atoms with Crippen molar-refractivity contribution in [2.45, 2.75) is 26.7 Å². The van der Waals surface area contributed by atoms with Gasteiger partial charge in [-0.25, -0.2) is 9.59 Å². The van der Waals surface area contributed by atoms with Gasteiger partial charge in [0.05, 0.1) is 0 Å². The van der Waals surface area contributed by atoms with Gasteiger partial charge < -0.3 is 15.1 Å². The lowest BCUT2D eigenvalue weighted by molar-refractivity contribution is -0.140. The smallest absolute Gasteiger partial charge is 0.343 e. The van der Waals surface area contributed by atoms with Gasteiger partial charge in [-0.15, -0.1) is 0 Å². The fraction of sp³-hybridized carbons (Fsp3) is 0.333. The summed E-state index contributed by atoms with van der Waals surface area (Å²) in [6.07, 6.45) is 4.37. The third-order valence-electron chi connectivity index (χ3n) is 4.43. The number of hydrogen-bond acceptors (Lipinski definition) is 3. The van der Waals surface area contributed by atoms with E-state index in [9.17, 15) is 9.59 Å². The molecule has 27 heavy (non-hydrogen) atoms. The average Bonchev–Trinajstić information content (AvgIpc) is 2.55. The summed E-state index contributed by atoms with van der Waals surface area (Å²) < 4.78 is 0. The molecule has 2 rings (SSSR count). The molecule has 1 aliphatic rings. The minimum Gasteiger partial charge on any atom is -0.477 e. The molecule has 0 aliphatic heterocycles. The summed E-state index contributed by atoms with van der Waals surface area (Å²) in [5.74, 6) is -2.96. The van der Waals surface area contributed by atoms with E-state index < -0.39 is 17.5 Å². The second-order valence-electron chi connectivity index (χ2n) is 7.68. The summed E-state index contributed by atoms with van der Waals surface area (Å²) in [6.45, 7) is 4.10. The molecule has 1 aromatic rings. The fourth-order valence-corrected chi connectivity index (χ4v) is 3.39. The van der Waals surface area contributed by atoms with E-state index in [0.717, 1.165) is 16.8 Å². The lowest BCUT2D eigenvalue weighted by Gasteiger charge is -2.32. The summed E-state index contributed by atoms with van der Waals surface area (Å²) in [5.41, 5.74) is 2.61. The zero-order valence-electron chi connectivity index (χ0n) is 15.9. The van der Waals surface area contributed by atoms with Crippen molar-refractivity contribution in [2.75, 3.05) is 19.0 Å². The summed E-state index contributed by atoms with van der Waals surface area (Å²) in [7, 11) is 3.94. The van der Waals surface area contributed by atoms with Gasteiger partial charge in [0.25, 0.3) is 0 Å².